The Hall–Kier alpha value is -1.41. The molecule has 8 heteroatoms. The summed E-state index contributed by atoms with van der Waals surface area (Å²) in [6.45, 7) is 6.87. The minimum absolute atomic E-state index is 0.199. The second-order valence-corrected chi connectivity index (χ2v) is 6.88. The smallest absolute Gasteiger partial charge is 0.208 e. The van der Waals surface area contributed by atoms with Crippen molar-refractivity contribution < 1.29 is 8.42 Å². The van der Waals surface area contributed by atoms with Gasteiger partial charge in [-0.15, -0.1) is 0 Å². The molecule has 0 aliphatic rings. The third kappa shape index (κ3) is 5.30. The lowest BCUT2D eigenvalue weighted by Crippen LogP contribution is -2.24. The molecule has 0 unspecified atom stereocenters. The standard InChI is InChI=1S/C12H23N5O2S/c1-8(2)11-16-10(13)9(3)12(17-11)14-6-5-7-15-20(4,18)19/h8,15H,5-7H2,1-4H3,(H3,13,14,16,17). The molecule has 4 N–H and O–H groups in total. The first-order valence-electron chi connectivity index (χ1n) is 6.53. The number of anilines is 2. The molecular weight excluding hydrogens is 278 g/mol. The van der Waals surface area contributed by atoms with Crippen LogP contribution in [-0.4, -0.2) is 37.7 Å². The number of hydrogen-bond acceptors (Lipinski definition) is 6. The highest BCUT2D eigenvalue weighted by Crippen LogP contribution is 2.20. The van der Waals surface area contributed by atoms with Gasteiger partial charge in [0, 0.05) is 24.6 Å². The first-order valence-corrected chi connectivity index (χ1v) is 8.42. The first-order chi connectivity index (χ1) is 9.20. The summed E-state index contributed by atoms with van der Waals surface area (Å²) in [4.78, 5) is 8.68. The van der Waals surface area contributed by atoms with Crippen molar-refractivity contribution in [3.8, 4) is 0 Å². The Labute approximate surface area is 120 Å². The van der Waals surface area contributed by atoms with Crippen LogP contribution in [0.5, 0.6) is 0 Å². The zero-order chi connectivity index (χ0) is 15.3. The lowest BCUT2D eigenvalue weighted by Gasteiger charge is -2.13. The number of nitrogen functional groups attached to an aromatic ring is 1. The molecule has 1 rings (SSSR count). The Morgan fingerprint density at radius 3 is 2.45 bits per heavy atom. The Morgan fingerprint density at radius 2 is 1.90 bits per heavy atom. The summed E-state index contributed by atoms with van der Waals surface area (Å²) in [6, 6.07) is 0. The van der Waals surface area contributed by atoms with E-state index in [2.05, 4.69) is 20.0 Å². The summed E-state index contributed by atoms with van der Waals surface area (Å²) >= 11 is 0. The Morgan fingerprint density at radius 1 is 1.25 bits per heavy atom. The second kappa shape index (κ2) is 6.85. The zero-order valence-electron chi connectivity index (χ0n) is 12.4. The normalized spacial score (nSPS) is 11.8. The van der Waals surface area contributed by atoms with Gasteiger partial charge in [0.2, 0.25) is 10.0 Å². The maximum Gasteiger partial charge on any atom is 0.208 e. The number of hydrogen-bond donors (Lipinski definition) is 3. The van der Waals surface area contributed by atoms with Gasteiger partial charge in [-0.05, 0) is 13.3 Å². The molecule has 0 atom stereocenters. The number of sulfonamides is 1. The first kappa shape index (κ1) is 16.6. The van der Waals surface area contributed by atoms with E-state index in [1.54, 1.807) is 0 Å². The van der Waals surface area contributed by atoms with Crippen LogP contribution in [0.15, 0.2) is 0 Å². The SMILES string of the molecule is Cc1c(N)nc(C(C)C)nc1NCCCNS(C)(=O)=O. The molecule has 0 aliphatic carbocycles. The molecule has 7 nitrogen and oxygen atoms in total. The Balaban J connectivity index is 2.59. The number of aromatic nitrogens is 2. The highest BCUT2D eigenvalue weighted by molar-refractivity contribution is 7.88. The molecule has 1 heterocycles. The fraction of sp³-hybridized carbons (Fsp3) is 0.667. The van der Waals surface area contributed by atoms with E-state index < -0.39 is 10.0 Å². The molecule has 1 aromatic rings. The van der Waals surface area contributed by atoms with Gasteiger partial charge in [-0.2, -0.15) is 0 Å². The van der Waals surface area contributed by atoms with Crippen molar-refractivity contribution in [2.24, 2.45) is 0 Å². The molecule has 0 fully saturated rings. The van der Waals surface area contributed by atoms with Crippen LogP contribution in [0, 0.1) is 6.92 Å². The summed E-state index contributed by atoms with van der Waals surface area (Å²) in [5.74, 6) is 2.08. The number of nitrogens with two attached hydrogens (primary N) is 1. The average Bonchev–Trinajstić information content (AvgIpc) is 2.32. The molecule has 0 bridgehead atoms. The third-order valence-electron chi connectivity index (χ3n) is 2.73. The monoisotopic (exact) mass is 301 g/mol. The predicted octanol–water partition coefficient (Wildman–Crippen LogP) is 0.842. The van der Waals surface area contributed by atoms with Crippen LogP contribution in [0.4, 0.5) is 11.6 Å². The Bertz CT molecular complexity index is 557. The van der Waals surface area contributed by atoms with E-state index >= 15 is 0 Å². The van der Waals surface area contributed by atoms with E-state index in [4.69, 9.17) is 5.73 Å². The number of nitrogens with one attached hydrogen (secondary N) is 2. The van der Waals surface area contributed by atoms with Gasteiger partial charge in [0.25, 0.3) is 0 Å². The molecule has 114 valence electrons. The largest absolute Gasteiger partial charge is 0.383 e. The van der Waals surface area contributed by atoms with Gasteiger partial charge < -0.3 is 11.1 Å². The van der Waals surface area contributed by atoms with E-state index in [1.165, 1.54) is 0 Å². The van der Waals surface area contributed by atoms with Crippen molar-refractivity contribution in [3.63, 3.8) is 0 Å². The van der Waals surface area contributed by atoms with E-state index in [1.807, 2.05) is 20.8 Å². The summed E-state index contributed by atoms with van der Waals surface area (Å²) in [5, 5.41) is 3.17. The summed E-state index contributed by atoms with van der Waals surface area (Å²) in [7, 11) is -3.13. The average molecular weight is 301 g/mol. The minimum atomic E-state index is -3.13. The molecule has 0 saturated carbocycles. The van der Waals surface area contributed by atoms with Gasteiger partial charge in [0.1, 0.15) is 17.5 Å². The van der Waals surface area contributed by atoms with E-state index in [0.717, 1.165) is 11.8 Å². The molecule has 0 aliphatic heterocycles. The van der Waals surface area contributed by atoms with Crippen LogP contribution in [0.2, 0.25) is 0 Å². The quantitative estimate of drug-likeness (QED) is 0.644. The number of rotatable bonds is 7. The van der Waals surface area contributed by atoms with Gasteiger partial charge in [-0.1, -0.05) is 13.8 Å². The van der Waals surface area contributed by atoms with Gasteiger partial charge in [0.05, 0.1) is 6.26 Å². The van der Waals surface area contributed by atoms with Gasteiger partial charge in [-0.25, -0.2) is 23.1 Å². The van der Waals surface area contributed by atoms with E-state index in [9.17, 15) is 8.42 Å². The zero-order valence-corrected chi connectivity index (χ0v) is 13.2. The van der Waals surface area contributed by atoms with Crippen LogP contribution >= 0.6 is 0 Å². The summed E-state index contributed by atoms with van der Waals surface area (Å²) in [5.41, 5.74) is 6.67. The fourth-order valence-corrected chi connectivity index (χ4v) is 2.05. The van der Waals surface area contributed by atoms with Gasteiger partial charge >= 0.3 is 0 Å². The van der Waals surface area contributed by atoms with Crippen LogP contribution < -0.4 is 15.8 Å². The fourth-order valence-electron chi connectivity index (χ4n) is 1.54. The van der Waals surface area contributed by atoms with Gasteiger partial charge in [-0.3, -0.25) is 0 Å². The topological polar surface area (TPSA) is 110 Å². The number of nitrogens with zero attached hydrogens (tertiary/aromatic N) is 2. The Kier molecular flexibility index (Phi) is 5.70. The predicted molar refractivity (Wildman–Crippen MR) is 81.2 cm³/mol. The maximum absolute atomic E-state index is 10.9. The van der Waals surface area contributed by atoms with Crippen molar-refractivity contribution in [3.05, 3.63) is 11.4 Å². The van der Waals surface area contributed by atoms with Crippen molar-refractivity contribution in [2.45, 2.75) is 33.1 Å². The molecule has 20 heavy (non-hydrogen) atoms. The second-order valence-electron chi connectivity index (χ2n) is 5.04. The van der Waals surface area contributed by atoms with Crippen LogP contribution in [-0.2, 0) is 10.0 Å². The van der Waals surface area contributed by atoms with Crippen molar-refractivity contribution in [1.29, 1.82) is 0 Å². The van der Waals surface area contributed by atoms with Crippen LogP contribution in [0.25, 0.3) is 0 Å². The van der Waals surface area contributed by atoms with Crippen LogP contribution in [0.1, 0.15) is 37.6 Å². The highest BCUT2D eigenvalue weighted by atomic mass is 32.2. The van der Waals surface area contributed by atoms with Crippen molar-refractivity contribution in [1.82, 2.24) is 14.7 Å². The molecule has 0 saturated heterocycles. The third-order valence-corrected chi connectivity index (χ3v) is 3.46. The van der Waals surface area contributed by atoms with E-state index in [-0.39, 0.29) is 5.92 Å². The highest BCUT2D eigenvalue weighted by Gasteiger charge is 2.10. The van der Waals surface area contributed by atoms with Gasteiger partial charge in [0.15, 0.2) is 0 Å². The molecular formula is C12H23N5O2S. The maximum atomic E-state index is 10.9. The minimum Gasteiger partial charge on any atom is -0.383 e. The lowest BCUT2D eigenvalue weighted by atomic mass is 10.2. The van der Waals surface area contributed by atoms with Crippen molar-refractivity contribution >= 4 is 21.7 Å². The van der Waals surface area contributed by atoms with Crippen molar-refractivity contribution in [2.75, 3.05) is 30.4 Å². The molecule has 0 aromatic carbocycles. The lowest BCUT2D eigenvalue weighted by molar-refractivity contribution is 0.586. The molecule has 0 amide bonds. The van der Waals surface area contributed by atoms with E-state index in [0.29, 0.717) is 37.0 Å². The van der Waals surface area contributed by atoms with Crippen LogP contribution in [0.3, 0.4) is 0 Å². The summed E-state index contributed by atoms with van der Waals surface area (Å²) < 4.78 is 24.3. The molecule has 0 spiro atoms. The molecule has 0 radical (unpaired) electrons. The molecule has 1 aromatic heterocycles. The summed E-state index contributed by atoms with van der Waals surface area (Å²) in [6.07, 6.45) is 1.80.